The van der Waals surface area contributed by atoms with Crippen molar-refractivity contribution in [2.24, 2.45) is 0 Å². The van der Waals surface area contributed by atoms with Crippen LogP contribution >= 0.6 is 0 Å². The molecule has 0 aliphatic carbocycles. The van der Waals surface area contributed by atoms with Crippen LogP contribution in [0.5, 0.6) is 5.75 Å². The minimum absolute atomic E-state index is 0.0138. The molecule has 0 aromatic heterocycles. The molecule has 3 aromatic rings. The number of hydrogen-bond acceptors (Lipinski definition) is 4. The van der Waals surface area contributed by atoms with Gasteiger partial charge in [-0.15, -0.1) is 0 Å². The Morgan fingerprint density at radius 1 is 0.788 bits per heavy atom. The van der Waals surface area contributed by atoms with Gasteiger partial charge in [0.05, 0.1) is 12.6 Å². The van der Waals surface area contributed by atoms with Crippen LogP contribution in [0.25, 0.3) is 0 Å². The topological polar surface area (TPSA) is 61.9 Å². The molecule has 0 spiro atoms. The summed E-state index contributed by atoms with van der Waals surface area (Å²) in [6, 6.07) is 29.2. The first kappa shape index (κ1) is 22.6. The molecule has 1 N–H and O–H groups in total. The fourth-order valence-corrected chi connectivity index (χ4v) is 3.97. The monoisotopic (exact) mass is 443 g/mol. The maximum Gasteiger partial charge on any atom is 0.415 e. The van der Waals surface area contributed by atoms with E-state index in [1.807, 2.05) is 66.7 Å². The van der Waals surface area contributed by atoms with Crippen molar-refractivity contribution >= 4 is 12.0 Å². The molecule has 1 heterocycles. The lowest BCUT2D eigenvalue weighted by atomic mass is 9.99. The van der Waals surface area contributed by atoms with Crippen molar-refractivity contribution in [1.82, 2.24) is 15.1 Å². The van der Waals surface area contributed by atoms with Crippen LogP contribution in [0.1, 0.15) is 17.2 Å². The quantitative estimate of drug-likeness (QED) is 0.602. The molecule has 0 saturated carbocycles. The highest BCUT2D eigenvalue weighted by Crippen LogP contribution is 2.18. The molecule has 1 aliphatic rings. The summed E-state index contributed by atoms with van der Waals surface area (Å²) >= 11 is 0. The Hall–Kier alpha value is -3.64. The van der Waals surface area contributed by atoms with Crippen molar-refractivity contribution in [3.63, 3.8) is 0 Å². The van der Waals surface area contributed by atoms with E-state index in [0.29, 0.717) is 38.5 Å². The summed E-state index contributed by atoms with van der Waals surface area (Å²) in [5.74, 6) is 0.523. The van der Waals surface area contributed by atoms with Gasteiger partial charge in [0.15, 0.2) is 0 Å². The van der Waals surface area contributed by atoms with E-state index in [1.54, 1.807) is 17.0 Å². The van der Waals surface area contributed by atoms with Crippen LogP contribution in [0, 0.1) is 0 Å². The van der Waals surface area contributed by atoms with Crippen molar-refractivity contribution in [2.75, 3.05) is 32.7 Å². The van der Waals surface area contributed by atoms with Crippen LogP contribution in [0.2, 0.25) is 0 Å². The van der Waals surface area contributed by atoms with Gasteiger partial charge >= 0.3 is 6.09 Å². The number of amides is 2. The summed E-state index contributed by atoms with van der Waals surface area (Å²) in [6.45, 7) is 2.63. The van der Waals surface area contributed by atoms with Crippen LogP contribution < -0.4 is 10.1 Å². The summed E-state index contributed by atoms with van der Waals surface area (Å²) in [7, 11) is 0. The first-order valence-electron chi connectivity index (χ1n) is 11.3. The molecule has 33 heavy (non-hydrogen) atoms. The second kappa shape index (κ2) is 11.3. The number of ether oxygens (including phenoxy) is 1. The molecule has 6 nitrogen and oxygen atoms in total. The first-order valence-corrected chi connectivity index (χ1v) is 11.3. The van der Waals surface area contributed by atoms with E-state index < -0.39 is 0 Å². The smallest absolute Gasteiger partial charge is 0.410 e. The maximum atomic E-state index is 12.9. The molecule has 3 aromatic carbocycles. The maximum absolute atomic E-state index is 12.9. The number of nitrogens with one attached hydrogen (secondary N) is 1. The zero-order chi connectivity index (χ0) is 22.9. The highest BCUT2D eigenvalue weighted by atomic mass is 16.6. The van der Waals surface area contributed by atoms with Crippen LogP contribution in [-0.4, -0.2) is 54.5 Å². The minimum Gasteiger partial charge on any atom is -0.410 e. The van der Waals surface area contributed by atoms with Gasteiger partial charge in [0.1, 0.15) is 5.75 Å². The molecule has 1 aliphatic heterocycles. The number of para-hydroxylation sites is 1. The van der Waals surface area contributed by atoms with Gasteiger partial charge in [-0.05, 0) is 29.7 Å². The third-order valence-electron chi connectivity index (χ3n) is 5.77. The molecule has 0 unspecified atom stereocenters. The lowest BCUT2D eigenvalue weighted by molar-refractivity contribution is -0.123. The largest absolute Gasteiger partial charge is 0.415 e. The summed E-state index contributed by atoms with van der Waals surface area (Å²) in [4.78, 5) is 29.0. The summed E-state index contributed by atoms with van der Waals surface area (Å²) in [6.07, 6.45) is 0.382. The van der Waals surface area contributed by atoms with E-state index >= 15 is 0 Å². The molecule has 1 fully saturated rings. The van der Waals surface area contributed by atoms with E-state index in [2.05, 4.69) is 22.3 Å². The van der Waals surface area contributed by atoms with Crippen molar-refractivity contribution in [2.45, 2.75) is 12.5 Å². The Balaban J connectivity index is 1.29. The molecule has 2 amide bonds. The van der Waals surface area contributed by atoms with Gasteiger partial charge in [0.2, 0.25) is 5.91 Å². The molecule has 6 heteroatoms. The van der Waals surface area contributed by atoms with Gasteiger partial charge in [0.25, 0.3) is 0 Å². The van der Waals surface area contributed by atoms with Crippen LogP contribution in [-0.2, 0) is 11.2 Å². The molecule has 1 atom stereocenters. The van der Waals surface area contributed by atoms with Crippen LogP contribution in [0.15, 0.2) is 91.0 Å². The lowest BCUT2D eigenvalue weighted by Crippen LogP contribution is -2.52. The van der Waals surface area contributed by atoms with Crippen molar-refractivity contribution in [3.05, 3.63) is 102 Å². The Morgan fingerprint density at radius 3 is 2.00 bits per heavy atom. The SMILES string of the molecule is O=C(CN1CCN(C(=O)Oc2ccccc2)CC1)N[C@H](Cc1ccccc1)c1ccccc1. The van der Waals surface area contributed by atoms with Gasteiger partial charge in [-0.1, -0.05) is 78.9 Å². The number of carbonyl (C=O) groups is 2. The van der Waals surface area contributed by atoms with E-state index in [1.165, 1.54) is 5.56 Å². The third-order valence-corrected chi connectivity index (χ3v) is 5.77. The van der Waals surface area contributed by atoms with Crippen LogP contribution in [0.3, 0.4) is 0 Å². The van der Waals surface area contributed by atoms with Crippen molar-refractivity contribution < 1.29 is 14.3 Å². The number of hydrogen-bond donors (Lipinski definition) is 1. The van der Waals surface area contributed by atoms with E-state index in [-0.39, 0.29) is 18.0 Å². The van der Waals surface area contributed by atoms with E-state index in [0.717, 1.165) is 12.0 Å². The van der Waals surface area contributed by atoms with Gasteiger partial charge in [0, 0.05) is 26.2 Å². The second-order valence-electron chi connectivity index (χ2n) is 8.16. The fourth-order valence-electron chi connectivity index (χ4n) is 3.97. The minimum atomic E-state index is -0.350. The van der Waals surface area contributed by atoms with E-state index in [9.17, 15) is 9.59 Å². The zero-order valence-corrected chi connectivity index (χ0v) is 18.6. The Bertz CT molecular complexity index is 1020. The van der Waals surface area contributed by atoms with Gasteiger partial charge in [-0.2, -0.15) is 0 Å². The standard InChI is InChI=1S/C27H29N3O3/c31-26(28-25(23-12-6-2-7-13-23)20-22-10-4-1-5-11-22)21-29-16-18-30(19-17-29)27(32)33-24-14-8-3-9-15-24/h1-15,25H,16-21H2,(H,28,31)/t25-/m1/s1. The van der Waals surface area contributed by atoms with Gasteiger partial charge in [-0.3, -0.25) is 9.69 Å². The predicted molar refractivity (Wildman–Crippen MR) is 128 cm³/mol. The molecule has 4 rings (SSSR count). The van der Waals surface area contributed by atoms with Crippen molar-refractivity contribution in [1.29, 1.82) is 0 Å². The molecule has 170 valence electrons. The number of rotatable bonds is 7. The lowest BCUT2D eigenvalue weighted by Gasteiger charge is -2.33. The Labute approximate surface area is 194 Å². The summed E-state index contributed by atoms with van der Waals surface area (Å²) in [5, 5.41) is 3.21. The first-order chi connectivity index (χ1) is 16.2. The molecule has 0 radical (unpaired) electrons. The molecule has 0 bridgehead atoms. The third kappa shape index (κ3) is 6.67. The fraction of sp³-hybridized carbons (Fsp3) is 0.259. The normalized spacial score (nSPS) is 15.0. The summed E-state index contributed by atoms with van der Waals surface area (Å²) < 4.78 is 5.42. The van der Waals surface area contributed by atoms with Gasteiger partial charge < -0.3 is 15.0 Å². The average molecular weight is 444 g/mol. The number of nitrogens with zero attached hydrogens (tertiary/aromatic N) is 2. The number of carbonyl (C=O) groups excluding carboxylic acids is 2. The van der Waals surface area contributed by atoms with E-state index in [4.69, 9.17) is 4.74 Å². The van der Waals surface area contributed by atoms with Crippen LogP contribution in [0.4, 0.5) is 4.79 Å². The zero-order valence-electron chi connectivity index (χ0n) is 18.6. The molecule has 1 saturated heterocycles. The number of piperazine rings is 1. The molecular formula is C27H29N3O3. The Kier molecular flexibility index (Phi) is 7.72. The highest BCUT2D eigenvalue weighted by Gasteiger charge is 2.24. The average Bonchev–Trinajstić information content (AvgIpc) is 2.86. The summed E-state index contributed by atoms with van der Waals surface area (Å²) in [5.41, 5.74) is 2.26. The van der Waals surface area contributed by atoms with Crippen molar-refractivity contribution in [3.8, 4) is 5.75 Å². The molecular weight excluding hydrogens is 414 g/mol. The predicted octanol–water partition coefficient (Wildman–Crippen LogP) is 3.90. The highest BCUT2D eigenvalue weighted by molar-refractivity contribution is 5.78. The van der Waals surface area contributed by atoms with Gasteiger partial charge in [-0.25, -0.2) is 4.79 Å². The second-order valence-corrected chi connectivity index (χ2v) is 8.16. The Morgan fingerprint density at radius 2 is 1.36 bits per heavy atom. The number of benzene rings is 3.